The van der Waals surface area contributed by atoms with Gasteiger partial charge >= 0.3 is 0 Å². The molecule has 1 aromatic carbocycles. The number of hydrogen-bond acceptors (Lipinski definition) is 5. The van der Waals surface area contributed by atoms with E-state index >= 15 is 0 Å². The summed E-state index contributed by atoms with van der Waals surface area (Å²) < 4.78 is 27.9. The second-order valence-corrected chi connectivity index (χ2v) is 12.0. The van der Waals surface area contributed by atoms with E-state index < -0.39 is 10.0 Å². The predicted molar refractivity (Wildman–Crippen MR) is 124 cm³/mol. The van der Waals surface area contributed by atoms with Crippen molar-refractivity contribution >= 4 is 32.3 Å². The van der Waals surface area contributed by atoms with Gasteiger partial charge in [-0.05, 0) is 86.6 Å². The zero-order valence-electron chi connectivity index (χ0n) is 18.0. The van der Waals surface area contributed by atoms with Crippen LogP contribution in [0.3, 0.4) is 0 Å². The zero-order valence-corrected chi connectivity index (χ0v) is 19.7. The van der Waals surface area contributed by atoms with E-state index in [9.17, 15) is 18.5 Å². The highest BCUT2D eigenvalue weighted by atomic mass is 32.2. The molecule has 1 N–H and O–H groups in total. The number of nitrogens with zero attached hydrogens (tertiary/aromatic N) is 2. The van der Waals surface area contributed by atoms with Crippen molar-refractivity contribution in [2.75, 3.05) is 18.4 Å². The molecule has 8 heteroatoms. The van der Waals surface area contributed by atoms with Gasteiger partial charge in [0.1, 0.15) is 11.1 Å². The van der Waals surface area contributed by atoms with E-state index in [1.807, 2.05) is 12.1 Å². The topological polar surface area (TPSA) is 90.3 Å². The molecule has 32 heavy (non-hydrogen) atoms. The molecule has 1 amide bonds. The van der Waals surface area contributed by atoms with E-state index in [2.05, 4.69) is 11.4 Å². The number of benzene rings is 1. The van der Waals surface area contributed by atoms with Crippen LogP contribution in [0, 0.1) is 17.2 Å². The van der Waals surface area contributed by atoms with Crippen LogP contribution in [0.2, 0.25) is 0 Å². The first-order chi connectivity index (χ1) is 15.5. The molecule has 0 radical (unpaired) electrons. The first-order valence-electron chi connectivity index (χ1n) is 11.4. The van der Waals surface area contributed by atoms with Crippen LogP contribution in [0.1, 0.15) is 59.2 Å². The number of piperidine rings is 1. The molecule has 0 unspecified atom stereocenters. The average Bonchev–Trinajstić information content (AvgIpc) is 3.39. The highest BCUT2D eigenvalue weighted by Gasteiger charge is 2.33. The minimum Gasteiger partial charge on any atom is -0.316 e. The van der Waals surface area contributed by atoms with Crippen molar-refractivity contribution in [1.82, 2.24) is 4.31 Å². The van der Waals surface area contributed by atoms with E-state index in [0.29, 0.717) is 41.4 Å². The first-order valence-corrected chi connectivity index (χ1v) is 13.7. The number of nitriles is 1. The summed E-state index contributed by atoms with van der Waals surface area (Å²) in [4.78, 5) is 14.4. The molecule has 2 aromatic rings. The highest BCUT2D eigenvalue weighted by molar-refractivity contribution is 7.89. The fourth-order valence-electron chi connectivity index (χ4n) is 5.20. The normalized spacial score (nSPS) is 19.2. The zero-order chi connectivity index (χ0) is 22.3. The lowest BCUT2D eigenvalue weighted by Gasteiger charge is -2.30. The Morgan fingerprint density at radius 3 is 2.56 bits per heavy atom. The molecule has 168 valence electrons. The molecule has 2 aliphatic carbocycles. The Morgan fingerprint density at radius 2 is 1.81 bits per heavy atom. The lowest BCUT2D eigenvalue weighted by molar-refractivity contribution is -0.120. The Labute approximate surface area is 193 Å². The largest absolute Gasteiger partial charge is 0.316 e. The van der Waals surface area contributed by atoms with Gasteiger partial charge in [0.25, 0.3) is 0 Å². The lowest BCUT2D eigenvalue weighted by Crippen LogP contribution is -2.41. The standard InChI is InChI=1S/C24H27N3O3S2/c25-15-21-20-6-3-7-22(20)31-24(21)26-23(28)17-10-12-27(13-11-17)32(29,30)19-9-8-16-4-1-2-5-18(16)14-19/h8-9,14,17H,1-7,10-13H2,(H,26,28). The lowest BCUT2D eigenvalue weighted by atomic mass is 9.92. The van der Waals surface area contributed by atoms with Crippen LogP contribution >= 0.6 is 11.3 Å². The Bertz CT molecular complexity index is 1200. The van der Waals surface area contributed by atoms with Gasteiger partial charge in [0.05, 0.1) is 10.5 Å². The first kappa shape index (κ1) is 21.6. The van der Waals surface area contributed by atoms with Crippen molar-refractivity contribution in [3.63, 3.8) is 0 Å². The molecule has 0 spiro atoms. The predicted octanol–water partition coefficient (Wildman–Crippen LogP) is 4.03. The maximum absolute atomic E-state index is 13.2. The second kappa shape index (κ2) is 8.62. The summed E-state index contributed by atoms with van der Waals surface area (Å²) in [7, 11) is -3.55. The van der Waals surface area contributed by atoms with Gasteiger partial charge in [-0.3, -0.25) is 4.79 Å². The summed E-state index contributed by atoms with van der Waals surface area (Å²) in [6.45, 7) is 0.674. The molecule has 1 aliphatic heterocycles. The summed E-state index contributed by atoms with van der Waals surface area (Å²) in [5.74, 6) is -0.347. The summed E-state index contributed by atoms with van der Waals surface area (Å²) in [6.07, 6.45) is 8.17. The molecule has 3 aliphatic rings. The van der Waals surface area contributed by atoms with E-state index in [1.54, 1.807) is 6.07 Å². The average molecular weight is 470 g/mol. The van der Waals surface area contributed by atoms with Crippen molar-refractivity contribution < 1.29 is 13.2 Å². The van der Waals surface area contributed by atoms with Crippen LogP contribution in [0.25, 0.3) is 0 Å². The van der Waals surface area contributed by atoms with Gasteiger partial charge in [0.2, 0.25) is 15.9 Å². The van der Waals surface area contributed by atoms with Crippen molar-refractivity contribution in [2.24, 2.45) is 5.92 Å². The SMILES string of the molecule is N#Cc1c(NC(=O)C2CCN(S(=O)(=O)c3ccc4c(c3)CCCC4)CC2)sc2c1CCC2. The molecule has 2 heterocycles. The monoisotopic (exact) mass is 469 g/mol. The third-order valence-electron chi connectivity index (χ3n) is 7.05. The van der Waals surface area contributed by atoms with Crippen LogP contribution in [0.5, 0.6) is 0 Å². The number of rotatable bonds is 4. The molecule has 6 nitrogen and oxygen atoms in total. The number of aryl methyl sites for hydroxylation is 3. The summed E-state index contributed by atoms with van der Waals surface area (Å²) in [5.41, 5.74) is 4.13. The number of carbonyl (C=O) groups excluding carboxylic acids is 1. The van der Waals surface area contributed by atoms with E-state index in [4.69, 9.17) is 0 Å². The maximum Gasteiger partial charge on any atom is 0.243 e. The minimum atomic E-state index is -3.55. The smallest absolute Gasteiger partial charge is 0.243 e. The summed E-state index contributed by atoms with van der Waals surface area (Å²) in [5, 5.41) is 13.2. The quantitative estimate of drug-likeness (QED) is 0.732. The van der Waals surface area contributed by atoms with Gasteiger partial charge in [-0.15, -0.1) is 11.3 Å². The third kappa shape index (κ3) is 3.87. The van der Waals surface area contributed by atoms with Crippen LogP contribution in [0.4, 0.5) is 5.00 Å². The Morgan fingerprint density at radius 1 is 1.06 bits per heavy atom. The molecule has 0 bridgehead atoms. The van der Waals surface area contributed by atoms with Gasteiger partial charge in [0.15, 0.2) is 0 Å². The second-order valence-electron chi connectivity index (χ2n) is 8.98. The summed E-state index contributed by atoms with van der Waals surface area (Å²) in [6, 6.07) is 7.81. The number of carbonyl (C=O) groups is 1. The number of nitrogens with one attached hydrogen (secondary N) is 1. The molecule has 1 aromatic heterocycles. The van der Waals surface area contributed by atoms with Crippen molar-refractivity contribution in [3.05, 3.63) is 45.3 Å². The molecular formula is C24H27N3O3S2. The number of hydrogen-bond donors (Lipinski definition) is 1. The van der Waals surface area contributed by atoms with E-state index in [-0.39, 0.29) is 11.8 Å². The molecule has 0 saturated carbocycles. The molecular weight excluding hydrogens is 442 g/mol. The highest BCUT2D eigenvalue weighted by Crippen LogP contribution is 2.39. The van der Waals surface area contributed by atoms with Crippen LogP contribution in [-0.2, 0) is 40.5 Å². The number of sulfonamides is 1. The van der Waals surface area contributed by atoms with Gasteiger partial charge in [0, 0.05) is 23.9 Å². The fourth-order valence-corrected chi connectivity index (χ4v) is 7.97. The van der Waals surface area contributed by atoms with Crippen LogP contribution < -0.4 is 5.32 Å². The van der Waals surface area contributed by atoms with Gasteiger partial charge in [-0.1, -0.05) is 6.07 Å². The number of amides is 1. The Kier molecular flexibility index (Phi) is 5.82. The van der Waals surface area contributed by atoms with Gasteiger partial charge < -0.3 is 5.32 Å². The van der Waals surface area contributed by atoms with Crippen LogP contribution in [0.15, 0.2) is 23.1 Å². The maximum atomic E-state index is 13.2. The molecule has 0 atom stereocenters. The number of anilines is 1. The minimum absolute atomic E-state index is 0.104. The summed E-state index contributed by atoms with van der Waals surface area (Å²) >= 11 is 1.52. The fraction of sp³-hybridized carbons (Fsp3) is 0.500. The van der Waals surface area contributed by atoms with Gasteiger partial charge in [-0.2, -0.15) is 9.57 Å². The number of fused-ring (bicyclic) bond motifs is 2. The van der Waals surface area contributed by atoms with Crippen LogP contribution in [-0.4, -0.2) is 31.7 Å². The number of thiophene rings is 1. The Balaban J connectivity index is 1.24. The van der Waals surface area contributed by atoms with Crippen molar-refractivity contribution in [1.29, 1.82) is 5.26 Å². The van der Waals surface area contributed by atoms with E-state index in [0.717, 1.165) is 49.7 Å². The molecule has 1 fully saturated rings. The third-order valence-corrected chi connectivity index (χ3v) is 10.2. The molecule has 1 saturated heterocycles. The molecule has 5 rings (SSSR count). The van der Waals surface area contributed by atoms with Crippen molar-refractivity contribution in [3.8, 4) is 6.07 Å². The van der Waals surface area contributed by atoms with Crippen molar-refractivity contribution in [2.45, 2.75) is 62.7 Å². The van der Waals surface area contributed by atoms with Gasteiger partial charge in [-0.25, -0.2) is 8.42 Å². The Hall–Kier alpha value is -2.21. The van der Waals surface area contributed by atoms with E-state index in [1.165, 1.54) is 32.5 Å².